The number of rotatable bonds is 70. The van der Waals surface area contributed by atoms with E-state index in [9.17, 15) is 43.2 Å². The molecule has 17 nitrogen and oxygen atoms in total. The van der Waals surface area contributed by atoms with Gasteiger partial charge < -0.3 is 33.8 Å². The molecule has 19 heteroatoms. The SMILES string of the molecule is CC(C)CCCCCCCCCCCCCCCCCC(=O)O[C@H](COC(=O)CCCCCCCCC(C)C)COP(=O)(O)OCC(O)COP(=O)(O)OC[C@@H](COC(=O)CCCCCCCCC(C)C)OC(=O)CCCCCCCCCCCCCCCC(C)C. The van der Waals surface area contributed by atoms with Gasteiger partial charge in [0, 0.05) is 25.7 Å². The van der Waals surface area contributed by atoms with Crippen molar-refractivity contribution in [3.8, 4) is 0 Å². The zero-order chi connectivity index (χ0) is 68.2. The van der Waals surface area contributed by atoms with E-state index in [0.29, 0.717) is 37.5 Å². The second-order valence-corrected chi connectivity index (χ2v) is 31.1. The Morgan fingerprint density at radius 1 is 0.272 bits per heavy atom. The van der Waals surface area contributed by atoms with Crippen molar-refractivity contribution in [3.05, 3.63) is 0 Å². The van der Waals surface area contributed by atoms with Crippen LogP contribution >= 0.6 is 15.6 Å². The molecule has 0 radical (unpaired) electrons. The Labute approximate surface area is 562 Å². The molecule has 0 amide bonds. The Kier molecular flexibility index (Phi) is 61.3. The summed E-state index contributed by atoms with van der Waals surface area (Å²) in [7, 11) is -9.91. The van der Waals surface area contributed by atoms with Crippen LogP contribution in [0.15, 0.2) is 0 Å². The van der Waals surface area contributed by atoms with E-state index < -0.39 is 97.5 Å². The van der Waals surface area contributed by atoms with E-state index >= 15 is 0 Å². The molecule has 0 aromatic rings. The molecule has 0 heterocycles. The van der Waals surface area contributed by atoms with Crippen molar-refractivity contribution < 1.29 is 80.2 Å². The summed E-state index contributed by atoms with van der Waals surface area (Å²) in [6.45, 7) is 14.1. The molecule has 5 atom stereocenters. The molecule has 0 aliphatic carbocycles. The molecular formula is C73H142O17P2. The summed E-state index contributed by atoms with van der Waals surface area (Å²) >= 11 is 0. The first-order valence-corrected chi connectivity index (χ1v) is 40.7. The number of aliphatic hydroxyl groups excluding tert-OH is 1. The summed E-state index contributed by atoms with van der Waals surface area (Å²) in [6, 6.07) is 0. The summed E-state index contributed by atoms with van der Waals surface area (Å²) in [5, 5.41) is 10.6. The zero-order valence-electron chi connectivity index (χ0n) is 60.2. The van der Waals surface area contributed by atoms with E-state index in [1.54, 1.807) is 0 Å². The highest BCUT2D eigenvalue weighted by atomic mass is 31.2. The number of carbonyl (C=O) groups excluding carboxylic acids is 4. The van der Waals surface area contributed by atoms with Gasteiger partial charge in [-0.05, 0) is 49.4 Å². The molecule has 0 aliphatic heterocycles. The fraction of sp³-hybridized carbons (Fsp3) is 0.945. The highest BCUT2D eigenvalue weighted by Gasteiger charge is 2.30. The molecule has 0 aromatic heterocycles. The van der Waals surface area contributed by atoms with Crippen LogP contribution in [0, 0.1) is 23.7 Å². The van der Waals surface area contributed by atoms with Gasteiger partial charge >= 0.3 is 39.5 Å². The average Bonchev–Trinajstić information content (AvgIpc) is 3.70. The molecule has 3 N–H and O–H groups in total. The van der Waals surface area contributed by atoms with Crippen LogP contribution in [-0.2, 0) is 65.4 Å². The third-order valence-corrected chi connectivity index (χ3v) is 18.7. The largest absolute Gasteiger partial charge is 0.472 e. The van der Waals surface area contributed by atoms with Crippen LogP contribution in [-0.4, -0.2) is 96.7 Å². The zero-order valence-corrected chi connectivity index (χ0v) is 62.0. The van der Waals surface area contributed by atoms with Crippen LogP contribution in [0.4, 0.5) is 0 Å². The number of ether oxygens (including phenoxy) is 4. The second-order valence-electron chi connectivity index (χ2n) is 28.2. The lowest BCUT2D eigenvalue weighted by Gasteiger charge is -2.21. The molecule has 0 fully saturated rings. The molecular weight excluding hydrogens is 1210 g/mol. The van der Waals surface area contributed by atoms with Gasteiger partial charge in [-0.25, -0.2) is 9.13 Å². The average molecular weight is 1350 g/mol. The van der Waals surface area contributed by atoms with Gasteiger partial charge in [0.1, 0.15) is 19.3 Å². The van der Waals surface area contributed by atoms with E-state index in [2.05, 4.69) is 55.4 Å². The van der Waals surface area contributed by atoms with Crippen molar-refractivity contribution in [3.63, 3.8) is 0 Å². The van der Waals surface area contributed by atoms with Crippen molar-refractivity contribution in [1.29, 1.82) is 0 Å². The number of phosphoric acid groups is 2. The van der Waals surface area contributed by atoms with Gasteiger partial charge in [-0.15, -0.1) is 0 Å². The second kappa shape index (κ2) is 62.6. The maximum Gasteiger partial charge on any atom is 0.472 e. The van der Waals surface area contributed by atoms with Gasteiger partial charge in [0.2, 0.25) is 0 Å². The third kappa shape index (κ3) is 66.7. The van der Waals surface area contributed by atoms with Crippen LogP contribution in [0.5, 0.6) is 0 Å². The van der Waals surface area contributed by atoms with Crippen molar-refractivity contribution in [2.75, 3.05) is 39.6 Å². The lowest BCUT2D eigenvalue weighted by Crippen LogP contribution is -2.30. The summed E-state index contributed by atoms with van der Waals surface area (Å²) in [6.07, 6.45) is 46.2. The first kappa shape index (κ1) is 90.1. The molecule has 3 unspecified atom stereocenters. The van der Waals surface area contributed by atoms with Gasteiger partial charge in [-0.3, -0.25) is 37.3 Å². The Morgan fingerprint density at radius 3 is 0.674 bits per heavy atom. The van der Waals surface area contributed by atoms with Crippen molar-refractivity contribution >= 4 is 39.5 Å². The molecule has 0 spiro atoms. The normalized spacial score (nSPS) is 14.2. The fourth-order valence-corrected chi connectivity index (χ4v) is 12.6. The Morgan fingerprint density at radius 2 is 0.457 bits per heavy atom. The van der Waals surface area contributed by atoms with E-state index in [1.165, 1.54) is 154 Å². The van der Waals surface area contributed by atoms with Gasteiger partial charge in [0.15, 0.2) is 12.2 Å². The van der Waals surface area contributed by atoms with Gasteiger partial charge in [0.25, 0.3) is 0 Å². The third-order valence-electron chi connectivity index (χ3n) is 16.8. The maximum absolute atomic E-state index is 13.0. The maximum atomic E-state index is 13.0. The van der Waals surface area contributed by atoms with Gasteiger partial charge in [-0.2, -0.15) is 0 Å². The quantitative estimate of drug-likeness (QED) is 0.0222. The van der Waals surface area contributed by atoms with E-state index in [4.69, 9.17) is 37.0 Å². The summed E-state index contributed by atoms with van der Waals surface area (Å²) in [5.74, 6) is 0.819. The Balaban J connectivity index is 5.18. The Bertz CT molecular complexity index is 1820. The van der Waals surface area contributed by atoms with E-state index in [1.807, 2.05) is 0 Å². The van der Waals surface area contributed by atoms with Crippen LogP contribution in [0.3, 0.4) is 0 Å². The lowest BCUT2D eigenvalue weighted by molar-refractivity contribution is -0.161. The summed E-state index contributed by atoms with van der Waals surface area (Å²) < 4.78 is 68.3. The van der Waals surface area contributed by atoms with Crippen LogP contribution in [0.1, 0.15) is 364 Å². The van der Waals surface area contributed by atoms with Crippen LogP contribution < -0.4 is 0 Å². The number of phosphoric ester groups is 2. The molecule has 92 heavy (non-hydrogen) atoms. The molecule has 0 saturated heterocycles. The number of esters is 4. The number of hydrogen-bond donors (Lipinski definition) is 3. The number of hydrogen-bond acceptors (Lipinski definition) is 15. The van der Waals surface area contributed by atoms with Crippen molar-refractivity contribution in [2.45, 2.75) is 382 Å². The molecule has 0 rings (SSSR count). The van der Waals surface area contributed by atoms with E-state index in [0.717, 1.165) is 115 Å². The number of unbranched alkanes of at least 4 members (excludes halogenated alkanes) is 36. The summed E-state index contributed by atoms with van der Waals surface area (Å²) in [4.78, 5) is 72.6. The number of carbonyl (C=O) groups is 4. The van der Waals surface area contributed by atoms with Crippen molar-refractivity contribution in [1.82, 2.24) is 0 Å². The number of aliphatic hydroxyl groups is 1. The monoisotopic (exact) mass is 1350 g/mol. The highest BCUT2D eigenvalue weighted by Crippen LogP contribution is 2.45. The minimum atomic E-state index is -4.95. The molecule has 0 saturated carbocycles. The van der Waals surface area contributed by atoms with Crippen LogP contribution in [0.2, 0.25) is 0 Å². The predicted octanol–water partition coefficient (Wildman–Crippen LogP) is 20.9. The summed E-state index contributed by atoms with van der Waals surface area (Å²) in [5.41, 5.74) is 0. The van der Waals surface area contributed by atoms with Crippen molar-refractivity contribution in [2.24, 2.45) is 23.7 Å². The van der Waals surface area contributed by atoms with E-state index in [-0.39, 0.29) is 25.7 Å². The lowest BCUT2D eigenvalue weighted by atomic mass is 10.0. The molecule has 0 aromatic carbocycles. The minimum absolute atomic E-state index is 0.106. The molecule has 0 aliphatic rings. The first-order chi connectivity index (χ1) is 44.1. The fourth-order valence-electron chi connectivity index (χ4n) is 11.0. The van der Waals surface area contributed by atoms with Gasteiger partial charge in [-0.1, -0.05) is 312 Å². The molecule has 0 bridgehead atoms. The van der Waals surface area contributed by atoms with Gasteiger partial charge in [0.05, 0.1) is 26.4 Å². The highest BCUT2D eigenvalue weighted by molar-refractivity contribution is 7.47. The Hall–Kier alpha value is -1.94. The van der Waals surface area contributed by atoms with Crippen LogP contribution in [0.25, 0.3) is 0 Å². The standard InChI is InChI=1S/C73H142O17P2/c1-63(2)49-41-33-25-21-17-13-10-9-11-15-19-23-27-39-47-55-72(77)89-68(59-83-70(75)53-45-37-31-29-35-43-51-65(5)6)61-87-91(79,80)85-57-67(74)58-86-92(81,82)88-62-69(60-84-71(76)54-46-38-32-30-36-44-52-66(7)8)90-73(78)56-48-40-28-24-20-16-12-14-18-22-26-34-42-50-64(3)4/h63-69,74H,9-62H2,1-8H3,(H,79,80)(H,81,82)/t67?,68-,69-/m1/s1. The predicted molar refractivity (Wildman–Crippen MR) is 372 cm³/mol. The minimum Gasteiger partial charge on any atom is -0.462 e. The first-order valence-electron chi connectivity index (χ1n) is 37.7. The topological polar surface area (TPSA) is 237 Å². The smallest absolute Gasteiger partial charge is 0.462 e. The molecule has 546 valence electrons.